The molecule has 0 spiro atoms. The molecule has 2 N–H and O–H groups in total. The second-order valence-electron chi connectivity index (χ2n) is 7.51. The summed E-state index contributed by atoms with van der Waals surface area (Å²) in [4.78, 5) is 51.8. The Morgan fingerprint density at radius 1 is 0.969 bits per heavy atom. The largest absolute Gasteiger partial charge is 0.459 e. The third kappa shape index (κ3) is 5.63. The molecular weight excluding hydrogens is 414 g/mol. The van der Waals surface area contributed by atoms with Gasteiger partial charge < -0.3 is 20.1 Å². The molecule has 0 saturated carbocycles. The van der Waals surface area contributed by atoms with Gasteiger partial charge in [-0.2, -0.15) is 0 Å². The Balaban J connectivity index is 1.72. The Hall–Kier alpha value is -3.88. The van der Waals surface area contributed by atoms with Crippen molar-refractivity contribution < 1.29 is 28.7 Å². The Morgan fingerprint density at radius 2 is 1.50 bits per heavy atom. The van der Waals surface area contributed by atoms with E-state index in [0.29, 0.717) is 0 Å². The van der Waals surface area contributed by atoms with E-state index in [1.807, 2.05) is 24.3 Å². The lowest BCUT2D eigenvalue weighted by Gasteiger charge is -2.21. The minimum absolute atomic E-state index is 0.00310. The molecule has 2 atom stereocenters. The van der Waals surface area contributed by atoms with Crippen LogP contribution in [0.15, 0.2) is 60.7 Å². The molecule has 0 aliphatic carbocycles. The van der Waals surface area contributed by atoms with Crippen molar-refractivity contribution in [3.63, 3.8) is 0 Å². The Bertz CT molecular complexity index is 966. The third-order valence-electron chi connectivity index (χ3n) is 5.17. The predicted octanol–water partition coefficient (Wildman–Crippen LogP) is 2.29. The Labute approximate surface area is 185 Å². The van der Waals surface area contributed by atoms with Gasteiger partial charge in [0, 0.05) is 13.6 Å². The van der Waals surface area contributed by atoms with Crippen LogP contribution >= 0.6 is 0 Å². The van der Waals surface area contributed by atoms with Gasteiger partial charge in [0.15, 0.2) is 0 Å². The standard InChI is InChI=1S/C23H25N3O6/c1-25(22(24)29)13-18-12-19(21(28)31-14-16-8-4-2-5-9-16)26(20(18)27)23(30)32-15-17-10-6-3-7-11-17/h2-11,18-19H,12-15H2,1H3,(H2,24,29)/t18-,19-/m0/s1. The van der Waals surface area contributed by atoms with Gasteiger partial charge in [-0.15, -0.1) is 0 Å². The topological polar surface area (TPSA) is 119 Å². The number of nitrogens with two attached hydrogens (primary N) is 1. The van der Waals surface area contributed by atoms with E-state index in [1.165, 1.54) is 7.05 Å². The molecule has 0 aromatic heterocycles. The van der Waals surface area contributed by atoms with E-state index < -0.39 is 36.0 Å². The molecule has 1 saturated heterocycles. The van der Waals surface area contributed by atoms with Gasteiger partial charge in [0.05, 0.1) is 5.92 Å². The minimum Gasteiger partial charge on any atom is -0.459 e. The quantitative estimate of drug-likeness (QED) is 0.661. The van der Waals surface area contributed by atoms with E-state index in [-0.39, 0.29) is 26.2 Å². The SMILES string of the molecule is CN(C[C@@H]1C[C@@H](C(=O)OCc2ccccc2)N(C(=O)OCc2ccccc2)C1=O)C(N)=O. The molecular formula is C23H25N3O6. The molecule has 32 heavy (non-hydrogen) atoms. The highest BCUT2D eigenvalue weighted by Crippen LogP contribution is 2.28. The van der Waals surface area contributed by atoms with Gasteiger partial charge in [-0.05, 0) is 17.5 Å². The number of rotatable bonds is 7. The molecule has 0 unspecified atom stereocenters. The molecule has 168 valence electrons. The lowest BCUT2D eigenvalue weighted by atomic mass is 10.0. The number of carbonyl (C=O) groups excluding carboxylic acids is 4. The number of ether oxygens (including phenoxy) is 2. The summed E-state index contributed by atoms with van der Waals surface area (Å²) in [6.07, 6.45) is -0.936. The first-order valence-corrected chi connectivity index (χ1v) is 10.1. The molecule has 0 radical (unpaired) electrons. The van der Waals surface area contributed by atoms with E-state index in [1.54, 1.807) is 36.4 Å². The first kappa shape index (κ1) is 22.8. The highest BCUT2D eigenvalue weighted by Gasteiger charge is 2.48. The molecule has 1 heterocycles. The van der Waals surface area contributed by atoms with Crippen molar-refractivity contribution in [1.29, 1.82) is 0 Å². The van der Waals surface area contributed by atoms with E-state index in [0.717, 1.165) is 20.9 Å². The van der Waals surface area contributed by atoms with Crippen molar-refractivity contribution in [3.05, 3.63) is 71.8 Å². The van der Waals surface area contributed by atoms with Crippen molar-refractivity contribution >= 4 is 24.0 Å². The van der Waals surface area contributed by atoms with E-state index >= 15 is 0 Å². The molecule has 4 amide bonds. The second-order valence-corrected chi connectivity index (χ2v) is 7.51. The summed E-state index contributed by atoms with van der Waals surface area (Å²) >= 11 is 0. The molecule has 3 rings (SSSR count). The molecule has 1 aliphatic rings. The van der Waals surface area contributed by atoms with Crippen LogP contribution in [0.2, 0.25) is 0 Å². The molecule has 9 nitrogen and oxygen atoms in total. The van der Waals surface area contributed by atoms with Gasteiger partial charge in [0.1, 0.15) is 19.3 Å². The van der Waals surface area contributed by atoms with Gasteiger partial charge in [-0.1, -0.05) is 60.7 Å². The van der Waals surface area contributed by atoms with Crippen molar-refractivity contribution in [1.82, 2.24) is 9.80 Å². The molecule has 2 aromatic rings. The van der Waals surface area contributed by atoms with Crippen LogP contribution in [0, 0.1) is 5.92 Å². The van der Waals surface area contributed by atoms with Crippen molar-refractivity contribution in [2.24, 2.45) is 11.7 Å². The normalized spacial score (nSPS) is 17.7. The van der Waals surface area contributed by atoms with Crippen LogP contribution in [0.3, 0.4) is 0 Å². The summed E-state index contributed by atoms with van der Waals surface area (Å²) < 4.78 is 10.6. The van der Waals surface area contributed by atoms with Crippen molar-refractivity contribution in [2.75, 3.05) is 13.6 Å². The third-order valence-corrected chi connectivity index (χ3v) is 5.17. The Kier molecular flexibility index (Phi) is 7.43. The van der Waals surface area contributed by atoms with Crippen molar-refractivity contribution in [3.8, 4) is 0 Å². The number of imide groups is 1. The maximum absolute atomic E-state index is 12.9. The molecule has 0 bridgehead atoms. The Morgan fingerprint density at radius 3 is 2.03 bits per heavy atom. The van der Waals surface area contributed by atoms with Crippen LogP contribution < -0.4 is 5.73 Å². The van der Waals surface area contributed by atoms with Gasteiger partial charge in [-0.25, -0.2) is 19.3 Å². The van der Waals surface area contributed by atoms with Crippen LogP contribution in [0.25, 0.3) is 0 Å². The van der Waals surface area contributed by atoms with Crippen LogP contribution in [-0.4, -0.2) is 53.4 Å². The number of amides is 4. The number of carbonyl (C=O) groups is 4. The summed E-state index contributed by atoms with van der Waals surface area (Å²) in [6.45, 7) is -0.0800. The average Bonchev–Trinajstić information content (AvgIpc) is 3.13. The summed E-state index contributed by atoms with van der Waals surface area (Å²) in [5, 5.41) is 0. The minimum atomic E-state index is -1.15. The highest BCUT2D eigenvalue weighted by molar-refractivity contribution is 6.00. The lowest BCUT2D eigenvalue weighted by Crippen LogP contribution is -2.45. The van der Waals surface area contributed by atoms with E-state index in [2.05, 4.69) is 0 Å². The number of benzene rings is 2. The van der Waals surface area contributed by atoms with Gasteiger partial charge in [0.25, 0.3) is 0 Å². The number of primary amides is 1. The summed E-state index contributed by atoms with van der Waals surface area (Å²) in [6, 6.07) is 16.1. The first-order chi connectivity index (χ1) is 15.4. The van der Waals surface area contributed by atoms with E-state index in [9.17, 15) is 19.2 Å². The van der Waals surface area contributed by atoms with Gasteiger partial charge in [-0.3, -0.25) is 4.79 Å². The van der Waals surface area contributed by atoms with Crippen LogP contribution in [0.1, 0.15) is 17.5 Å². The van der Waals surface area contributed by atoms with Crippen molar-refractivity contribution in [2.45, 2.75) is 25.7 Å². The smallest absolute Gasteiger partial charge is 0.417 e. The number of likely N-dealkylation sites (tertiary alicyclic amines) is 1. The van der Waals surface area contributed by atoms with Crippen LogP contribution in [0.4, 0.5) is 9.59 Å². The van der Waals surface area contributed by atoms with Gasteiger partial charge in [0.2, 0.25) is 5.91 Å². The monoisotopic (exact) mass is 439 g/mol. The van der Waals surface area contributed by atoms with E-state index in [4.69, 9.17) is 15.2 Å². The second kappa shape index (κ2) is 10.4. The fraction of sp³-hybridized carbons (Fsp3) is 0.304. The maximum atomic E-state index is 12.9. The number of nitrogens with zero attached hydrogens (tertiary/aromatic N) is 2. The van der Waals surface area contributed by atoms with Gasteiger partial charge >= 0.3 is 18.1 Å². The van der Waals surface area contributed by atoms with Crippen LogP contribution in [0.5, 0.6) is 0 Å². The summed E-state index contributed by atoms with van der Waals surface area (Å²) in [5.41, 5.74) is 6.76. The first-order valence-electron chi connectivity index (χ1n) is 10.1. The average molecular weight is 439 g/mol. The zero-order valence-corrected chi connectivity index (χ0v) is 17.7. The molecule has 9 heteroatoms. The maximum Gasteiger partial charge on any atom is 0.417 e. The summed E-state index contributed by atoms with van der Waals surface area (Å²) in [7, 11) is 1.44. The predicted molar refractivity (Wildman–Crippen MR) is 114 cm³/mol. The zero-order valence-electron chi connectivity index (χ0n) is 17.7. The lowest BCUT2D eigenvalue weighted by molar-refractivity contribution is -0.152. The number of hydrogen-bond acceptors (Lipinski definition) is 6. The number of hydrogen-bond donors (Lipinski definition) is 1. The fourth-order valence-electron chi connectivity index (χ4n) is 3.43. The molecule has 1 fully saturated rings. The van der Waals surface area contributed by atoms with Crippen LogP contribution in [-0.2, 0) is 32.3 Å². The zero-order chi connectivity index (χ0) is 23.1. The molecule has 1 aliphatic heterocycles. The summed E-state index contributed by atoms with van der Waals surface area (Å²) in [5.74, 6) is -2.12. The highest BCUT2D eigenvalue weighted by atomic mass is 16.6. The number of esters is 1. The number of urea groups is 1. The molecule has 2 aromatic carbocycles. The fourth-order valence-corrected chi connectivity index (χ4v) is 3.43.